The third-order valence-corrected chi connectivity index (χ3v) is 5.06. The summed E-state index contributed by atoms with van der Waals surface area (Å²) in [6, 6.07) is 1.48. The first-order chi connectivity index (χ1) is 6.58. The molecule has 2 unspecified atom stereocenters. The molecule has 1 heterocycles. The number of thioether (sulfide) groups is 1. The summed E-state index contributed by atoms with van der Waals surface area (Å²) in [5.74, 6) is 1.30. The second kappa shape index (κ2) is 3.90. The predicted octanol–water partition coefficient (Wildman–Crippen LogP) is 2.97. The van der Waals surface area contributed by atoms with Crippen molar-refractivity contribution in [1.29, 1.82) is 0 Å². The molecule has 0 amide bonds. The van der Waals surface area contributed by atoms with Crippen LogP contribution in [0, 0.1) is 0 Å². The molecule has 1 aliphatic heterocycles. The van der Waals surface area contributed by atoms with E-state index in [4.69, 9.17) is 0 Å². The summed E-state index contributed by atoms with van der Waals surface area (Å²) >= 11 is 2.08. The first kappa shape index (κ1) is 10.6. The van der Waals surface area contributed by atoms with Gasteiger partial charge in [0.05, 0.1) is 0 Å². The van der Waals surface area contributed by atoms with Gasteiger partial charge in [0.2, 0.25) is 0 Å². The summed E-state index contributed by atoms with van der Waals surface area (Å²) in [6.07, 6.45) is 6.26. The van der Waals surface area contributed by atoms with Crippen molar-refractivity contribution in [3.05, 3.63) is 11.6 Å². The van der Waals surface area contributed by atoms with Crippen LogP contribution in [0.1, 0.15) is 40.0 Å². The van der Waals surface area contributed by atoms with Crippen molar-refractivity contribution >= 4 is 11.8 Å². The Balaban J connectivity index is 1.82. The lowest BCUT2D eigenvalue weighted by Gasteiger charge is -2.46. The fraction of sp³-hybridized carbons (Fsp3) is 0.833. The van der Waals surface area contributed by atoms with Gasteiger partial charge in [0.15, 0.2) is 0 Å². The van der Waals surface area contributed by atoms with E-state index in [1.807, 2.05) is 0 Å². The van der Waals surface area contributed by atoms with Crippen LogP contribution in [0.2, 0.25) is 0 Å². The molecule has 0 aromatic heterocycles. The normalized spacial score (nSPS) is 36.1. The molecule has 80 valence electrons. The molecule has 0 saturated carbocycles. The smallest absolute Gasteiger partial charge is 0.0302 e. The number of hydrogen-bond donors (Lipinski definition) is 1. The summed E-state index contributed by atoms with van der Waals surface area (Å²) in [4.78, 5) is 0. The van der Waals surface area contributed by atoms with Crippen molar-refractivity contribution in [2.24, 2.45) is 0 Å². The van der Waals surface area contributed by atoms with Gasteiger partial charge in [0.1, 0.15) is 0 Å². The van der Waals surface area contributed by atoms with E-state index in [1.165, 1.54) is 25.0 Å². The van der Waals surface area contributed by atoms with Crippen LogP contribution in [0.5, 0.6) is 0 Å². The second-order valence-corrected chi connectivity index (χ2v) is 6.83. The molecule has 0 aromatic carbocycles. The number of nitrogens with one attached hydrogen (secondary N) is 1. The van der Waals surface area contributed by atoms with Crippen molar-refractivity contribution in [3.63, 3.8) is 0 Å². The lowest BCUT2D eigenvalue weighted by Crippen LogP contribution is -2.57. The van der Waals surface area contributed by atoms with Crippen molar-refractivity contribution < 1.29 is 0 Å². The molecule has 0 radical (unpaired) electrons. The molecule has 2 atom stereocenters. The van der Waals surface area contributed by atoms with Gasteiger partial charge >= 0.3 is 0 Å². The Hall–Kier alpha value is 0.0500. The molecule has 0 aromatic rings. The largest absolute Gasteiger partial charge is 0.309 e. The van der Waals surface area contributed by atoms with Gasteiger partial charge in [-0.05, 0) is 40.0 Å². The van der Waals surface area contributed by atoms with E-state index >= 15 is 0 Å². The molecule has 1 aliphatic carbocycles. The predicted molar refractivity (Wildman–Crippen MR) is 64.9 cm³/mol. The second-order valence-electron chi connectivity index (χ2n) is 5.16. The molecular weight excluding hydrogens is 190 g/mol. The fourth-order valence-electron chi connectivity index (χ4n) is 2.15. The lowest BCUT2D eigenvalue weighted by molar-refractivity contribution is 0.359. The van der Waals surface area contributed by atoms with Crippen LogP contribution >= 0.6 is 11.8 Å². The summed E-state index contributed by atoms with van der Waals surface area (Å²) < 4.78 is 0.468. The quantitative estimate of drug-likeness (QED) is 0.705. The van der Waals surface area contributed by atoms with Crippen LogP contribution in [0.15, 0.2) is 11.6 Å². The highest BCUT2D eigenvalue weighted by Crippen LogP contribution is 2.40. The molecule has 2 rings (SSSR count). The lowest BCUT2D eigenvalue weighted by atomic mass is 9.94. The number of hydrogen-bond acceptors (Lipinski definition) is 2. The summed E-state index contributed by atoms with van der Waals surface area (Å²) in [7, 11) is 0. The Kier molecular flexibility index (Phi) is 2.94. The van der Waals surface area contributed by atoms with Gasteiger partial charge in [-0.15, -0.1) is 0 Å². The molecule has 2 aliphatic rings. The molecule has 1 saturated heterocycles. The molecule has 14 heavy (non-hydrogen) atoms. The summed E-state index contributed by atoms with van der Waals surface area (Å²) in [5, 5.41) is 3.80. The fourth-order valence-corrected chi connectivity index (χ4v) is 3.31. The van der Waals surface area contributed by atoms with E-state index in [1.54, 1.807) is 5.57 Å². The highest BCUT2D eigenvalue weighted by molar-refractivity contribution is 8.02. The molecule has 1 nitrogen and oxygen atoms in total. The standard InChI is InChI=1S/C12H21NS/c1-9-4-6-10(7-5-9)13-11-8-14-12(11,2)3/h4,10-11,13H,5-8H2,1-3H3. The number of rotatable bonds is 2. The molecule has 1 N–H and O–H groups in total. The molecule has 2 heteroatoms. The van der Waals surface area contributed by atoms with Gasteiger partial charge in [0.25, 0.3) is 0 Å². The minimum absolute atomic E-state index is 0.468. The van der Waals surface area contributed by atoms with Gasteiger partial charge < -0.3 is 5.32 Å². The monoisotopic (exact) mass is 211 g/mol. The topological polar surface area (TPSA) is 12.0 Å². The van der Waals surface area contributed by atoms with Crippen LogP contribution in [-0.2, 0) is 0 Å². The molecule has 0 bridgehead atoms. The van der Waals surface area contributed by atoms with Crippen molar-refractivity contribution in [2.45, 2.75) is 56.9 Å². The Morgan fingerprint density at radius 3 is 2.71 bits per heavy atom. The Labute approximate surface area is 91.7 Å². The first-order valence-electron chi connectivity index (χ1n) is 5.63. The maximum Gasteiger partial charge on any atom is 0.0302 e. The van der Waals surface area contributed by atoms with E-state index in [2.05, 4.69) is 43.9 Å². The van der Waals surface area contributed by atoms with Crippen LogP contribution in [0.25, 0.3) is 0 Å². The zero-order valence-electron chi connectivity index (χ0n) is 9.47. The van der Waals surface area contributed by atoms with Crippen LogP contribution in [0.3, 0.4) is 0 Å². The van der Waals surface area contributed by atoms with Crippen LogP contribution in [0.4, 0.5) is 0 Å². The minimum atomic E-state index is 0.468. The maximum atomic E-state index is 3.80. The SMILES string of the molecule is CC1=CCC(NC2CSC2(C)C)CC1. The Bertz CT molecular complexity index is 245. The Morgan fingerprint density at radius 1 is 1.50 bits per heavy atom. The maximum absolute atomic E-state index is 3.80. The van der Waals surface area contributed by atoms with Gasteiger partial charge in [0, 0.05) is 22.6 Å². The average Bonchev–Trinajstić information content (AvgIpc) is 2.15. The van der Waals surface area contributed by atoms with Crippen LogP contribution in [-0.4, -0.2) is 22.6 Å². The molecule has 1 fully saturated rings. The highest BCUT2D eigenvalue weighted by atomic mass is 32.2. The zero-order chi connectivity index (χ0) is 10.2. The summed E-state index contributed by atoms with van der Waals surface area (Å²) in [6.45, 7) is 6.95. The van der Waals surface area contributed by atoms with E-state index < -0.39 is 0 Å². The first-order valence-corrected chi connectivity index (χ1v) is 6.62. The van der Waals surface area contributed by atoms with Gasteiger partial charge in [-0.25, -0.2) is 0 Å². The van der Waals surface area contributed by atoms with Crippen molar-refractivity contribution in [2.75, 3.05) is 5.75 Å². The van der Waals surface area contributed by atoms with E-state index in [0.29, 0.717) is 4.75 Å². The third-order valence-electron chi connectivity index (χ3n) is 3.54. The van der Waals surface area contributed by atoms with Crippen LogP contribution < -0.4 is 5.32 Å². The van der Waals surface area contributed by atoms with Gasteiger partial charge in [-0.1, -0.05) is 11.6 Å². The van der Waals surface area contributed by atoms with E-state index in [-0.39, 0.29) is 0 Å². The van der Waals surface area contributed by atoms with Gasteiger partial charge in [-0.3, -0.25) is 0 Å². The minimum Gasteiger partial charge on any atom is -0.309 e. The highest BCUT2D eigenvalue weighted by Gasteiger charge is 2.40. The Morgan fingerprint density at radius 2 is 2.29 bits per heavy atom. The molecular formula is C12H21NS. The van der Waals surface area contributed by atoms with Gasteiger partial charge in [-0.2, -0.15) is 11.8 Å². The number of allylic oxidation sites excluding steroid dienone is 1. The average molecular weight is 211 g/mol. The van der Waals surface area contributed by atoms with Crippen molar-refractivity contribution in [3.8, 4) is 0 Å². The van der Waals surface area contributed by atoms with Crippen molar-refractivity contribution in [1.82, 2.24) is 5.32 Å². The van der Waals surface area contributed by atoms with E-state index in [9.17, 15) is 0 Å². The molecule has 0 spiro atoms. The zero-order valence-corrected chi connectivity index (χ0v) is 10.3. The van der Waals surface area contributed by atoms with E-state index in [0.717, 1.165) is 12.1 Å². The summed E-state index contributed by atoms with van der Waals surface area (Å²) in [5.41, 5.74) is 1.57. The third kappa shape index (κ3) is 2.17.